The van der Waals surface area contributed by atoms with Crippen molar-refractivity contribution in [1.29, 1.82) is 0 Å². The van der Waals surface area contributed by atoms with Crippen molar-refractivity contribution in [2.45, 2.75) is 13.3 Å². The molecule has 0 unspecified atom stereocenters. The van der Waals surface area contributed by atoms with E-state index in [1.165, 1.54) is 12.1 Å². The minimum absolute atomic E-state index is 0.110. The van der Waals surface area contributed by atoms with Crippen LogP contribution >= 0.6 is 0 Å². The molecule has 0 bridgehead atoms. The predicted molar refractivity (Wildman–Crippen MR) is 57.1 cm³/mol. The molecular formula is C12H10F2O3. The van der Waals surface area contributed by atoms with Crippen LogP contribution in [-0.4, -0.2) is 12.6 Å². The topological polar surface area (TPSA) is 39.4 Å². The second kappa shape index (κ2) is 4.53. The smallest absolute Gasteiger partial charge is 0.374 e. The zero-order valence-electron chi connectivity index (χ0n) is 9.07. The van der Waals surface area contributed by atoms with Gasteiger partial charge in [-0.2, -0.15) is 0 Å². The van der Waals surface area contributed by atoms with E-state index >= 15 is 0 Å². The van der Waals surface area contributed by atoms with E-state index in [2.05, 4.69) is 4.74 Å². The fourth-order valence-electron chi connectivity index (χ4n) is 1.63. The van der Waals surface area contributed by atoms with Gasteiger partial charge in [-0.15, -0.1) is 0 Å². The van der Waals surface area contributed by atoms with Gasteiger partial charge in [-0.25, -0.2) is 13.6 Å². The number of carbonyl (C=O) groups is 1. The van der Waals surface area contributed by atoms with Crippen molar-refractivity contribution in [2.24, 2.45) is 0 Å². The van der Waals surface area contributed by atoms with Crippen molar-refractivity contribution in [1.82, 2.24) is 0 Å². The lowest BCUT2D eigenvalue weighted by molar-refractivity contribution is 0.0479. The molecule has 1 aromatic heterocycles. The maximum absolute atomic E-state index is 12.9. The summed E-state index contributed by atoms with van der Waals surface area (Å²) in [6.45, 7) is 1.71. The third-order valence-electron chi connectivity index (χ3n) is 2.31. The molecule has 0 saturated carbocycles. The summed E-state index contributed by atoms with van der Waals surface area (Å²) < 4.78 is 35.6. The number of esters is 1. The Labute approximate surface area is 96.0 Å². The minimum Gasteiger partial charge on any atom is -0.460 e. The molecule has 2 aromatic rings. The van der Waals surface area contributed by atoms with Crippen molar-refractivity contribution in [2.75, 3.05) is 6.61 Å². The van der Waals surface area contributed by atoms with E-state index in [1.54, 1.807) is 19.1 Å². The molecule has 5 heteroatoms. The standard InChI is InChI=1S/C12H10F2O3/c1-2-16-12(15)10-9(11(13)14)7-5-3-4-6-8(7)17-10/h3-6,11H,2H2,1H3. The van der Waals surface area contributed by atoms with Crippen LogP contribution < -0.4 is 0 Å². The molecule has 0 amide bonds. The van der Waals surface area contributed by atoms with Crippen LogP contribution in [0, 0.1) is 0 Å². The predicted octanol–water partition coefficient (Wildman–Crippen LogP) is 3.55. The first-order valence-corrected chi connectivity index (χ1v) is 5.11. The average Bonchev–Trinajstić information content (AvgIpc) is 2.68. The minimum atomic E-state index is -2.78. The number of rotatable bonds is 3. The number of para-hydroxylation sites is 1. The fourth-order valence-corrected chi connectivity index (χ4v) is 1.63. The summed E-state index contributed by atoms with van der Waals surface area (Å²) in [5.74, 6) is -1.28. The van der Waals surface area contributed by atoms with Gasteiger partial charge in [-0.1, -0.05) is 18.2 Å². The third kappa shape index (κ3) is 2.00. The van der Waals surface area contributed by atoms with Crippen LogP contribution in [0.25, 0.3) is 11.0 Å². The molecule has 0 aliphatic heterocycles. The first kappa shape index (κ1) is 11.6. The molecule has 0 N–H and O–H groups in total. The summed E-state index contributed by atoms with van der Waals surface area (Å²) in [6.07, 6.45) is -2.78. The Morgan fingerprint density at radius 2 is 2.12 bits per heavy atom. The van der Waals surface area contributed by atoms with Crippen LogP contribution in [0.5, 0.6) is 0 Å². The van der Waals surface area contributed by atoms with Gasteiger partial charge in [-0.05, 0) is 13.0 Å². The molecule has 0 aliphatic rings. The normalized spacial score (nSPS) is 11.1. The highest BCUT2D eigenvalue weighted by Crippen LogP contribution is 2.33. The third-order valence-corrected chi connectivity index (χ3v) is 2.31. The van der Waals surface area contributed by atoms with Crippen LogP contribution in [-0.2, 0) is 4.74 Å². The number of halogens is 2. The largest absolute Gasteiger partial charge is 0.460 e. The van der Waals surface area contributed by atoms with Crippen LogP contribution in [0.4, 0.5) is 8.78 Å². The van der Waals surface area contributed by atoms with Crippen molar-refractivity contribution in [3.05, 3.63) is 35.6 Å². The molecule has 90 valence electrons. The monoisotopic (exact) mass is 240 g/mol. The highest BCUT2D eigenvalue weighted by molar-refractivity contribution is 5.96. The van der Waals surface area contributed by atoms with Crippen LogP contribution in [0.15, 0.2) is 28.7 Å². The van der Waals surface area contributed by atoms with Gasteiger partial charge in [0.15, 0.2) is 0 Å². The maximum atomic E-state index is 12.9. The molecule has 3 nitrogen and oxygen atoms in total. The highest BCUT2D eigenvalue weighted by Gasteiger charge is 2.27. The fraction of sp³-hybridized carbons (Fsp3) is 0.250. The Bertz CT molecular complexity index is 546. The number of alkyl halides is 2. The SMILES string of the molecule is CCOC(=O)c1oc2ccccc2c1C(F)F. The number of fused-ring (bicyclic) bond motifs is 1. The molecule has 0 radical (unpaired) electrons. The van der Waals surface area contributed by atoms with Gasteiger partial charge < -0.3 is 9.15 Å². The molecule has 2 rings (SSSR count). The Morgan fingerprint density at radius 1 is 1.41 bits per heavy atom. The second-order valence-corrected chi connectivity index (χ2v) is 3.36. The van der Waals surface area contributed by atoms with E-state index in [0.29, 0.717) is 0 Å². The Hall–Kier alpha value is -1.91. The molecule has 17 heavy (non-hydrogen) atoms. The van der Waals surface area contributed by atoms with Gasteiger partial charge >= 0.3 is 5.97 Å². The van der Waals surface area contributed by atoms with Gasteiger partial charge in [-0.3, -0.25) is 0 Å². The number of furan rings is 1. The Kier molecular flexibility index (Phi) is 3.08. The van der Waals surface area contributed by atoms with E-state index in [1.807, 2.05) is 0 Å². The van der Waals surface area contributed by atoms with Gasteiger partial charge in [0.1, 0.15) is 5.58 Å². The van der Waals surface area contributed by atoms with E-state index in [4.69, 9.17) is 4.42 Å². The van der Waals surface area contributed by atoms with Gasteiger partial charge in [0.25, 0.3) is 6.43 Å². The van der Waals surface area contributed by atoms with E-state index in [0.717, 1.165) is 0 Å². The lowest BCUT2D eigenvalue weighted by atomic mass is 10.1. The average molecular weight is 240 g/mol. The Morgan fingerprint density at radius 3 is 2.76 bits per heavy atom. The van der Waals surface area contributed by atoms with E-state index in [9.17, 15) is 13.6 Å². The lowest BCUT2D eigenvalue weighted by Gasteiger charge is -2.01. The molecule has 0 saturated heterocycles. The highest BCUT2D eigenvalue weighted by atomic mass is 19.3. The lowest BCUT2D eigenvalue weighted by Crippen LogP contribution is -2.06. The quantitative estimate of drug-likeness (QED) is 0.770. The molecular weight excluding hydrogens is 230 g/mol. The number of ether oxygens (including phenoxy) is 1. The van der Waals surface area contributed by atoms with Crippen LogP contribution in [0.3, 0.4) is 0 Å². The van der Waals surface area contributed by atoms with Crippen LogP contribution in [0.1, 0.15) is 29.5 Å². The van der Waals surface area contributed by atoms with Gasteiger partial charge in [0.05, 0.1) is 12.2 Å². The first-order valence-electron chi connectivity index (χ1n) is 5.11. The zero-order chi connectivity index (χ0) is 12.4. The van der Waals surface area contributed by atoms with Crippen molar-refractivity contribution in [3.8, 4) is 0 Å². The number of benzene rings is 1. The molecule has 0 fully saturated rings. The summed E-state index contributed by atoms with van der Waals surface area (Å²) in [6, 6.07) is 6.28. The van der Waals surface area contributed by atoms with Crippen LogP contribution in [0.2, 0.25) is 0 Å². The molecule has 0 spiro atoms. The summed E-state index contributed by atoms with van der Waals surface area (Å²) in [7, 11) is 0. The Balaban J connectivity index is 2.61. The number of hydrogen-bond acceptors (Lipinski definition) is 3. The summed E-state index contributed by atoms with van der Waals surface area (Å²) >= 11 is 0. The molecule has 1 aromatic carbocycles. The zero-order valence-corrected chi connectivity index (χ0v) is 9.07. The number of hydrogen-bond donors (Lipinski definition) is 0. The second-order valence-electron chi connectivity index (χ2n) is 3.36. The molecule has 0 atom stereocenters. The molecule has 0 aliphatic carbocycles. The van der Waals surface area contributed by atoms with Gasteiger partial charge in [0, 0.05) is 5.39 Å². The van der Waals surface area contributed by atoms with Gasteiger partial charge in [0.2, 0.25) is 5.76 Å². The number of carbonyl (C=O) groups excluding carboxylic acids is 1. The summed E-state index contributed by atoms with van der Waals surface area (Å²) in [5, 5.41) is 0.241. The maximum Gasteiger partial charge on any atom is 0.374 e. The van der Waals surface area contributed by atoms with Crippen molar-refractivity contribution >= 4 is 16.9 Å². The van der Waals surface area contributed by atoms with Crippen molar-refractivity contribution in [3.63, 3.8) is 0 Å². The van der Waals surface area contributed by atoms with E-state index in [-0.39, 0.29) is 17.6 Å². The molecule has 1 heterocycles. The summed E-state index contributed by atoms with van der Waals surface area (Å²) in [4.78, 5) is 11.5. The van der Waals surface area contributed by atoms with E-state index < -0.39 is 23.7 Å². The summed E-state index contributed by atoms with van der Waals surface area (Å²) in [5.41, 5.74) is -0.148. The first-order chi connectivity index (χ1) is 8.15. The van der Waals surface area contributed by atoms with Crippen molar-refractivity contribution < 1.29 is 22.7 Å².